The van der Waals surface area contributed by atoms with Gasteiger partial charge in [0.05, 0.1) is 11.4 Å². The van der Waals surface area contributed by atoms with E-state index >= 15 is 0 Å². The van der Waals surface area contributed by atoms with Crippen molar-refractivity contribution >= 4 is 28.6 Å². The standard InChI is InChI=1S/C14H20N6O/c1-8-5-10(9(15)6-12(8)21)17-13-11(7-19(2)3)18-20(4)14(13)16/h5-6,16,21H,7,15H2,1-4H3. The van der Waals surface area contributed by atoms with Gasteiger partial charge in [-0.05, 0) is 32.6 Å². The number of anilines is 1. The van der Waals surface area contributed by atoms with Gasteiger partial charge in [0.25, 0.3) is 0 Å². The number of aryl methyl sites for hydroxylation is 1. The first-order valence-corrected chi connectivity index (χ1v) is 6.52. The van der Waals surface area contributed by atoms with E-state index in [9.17, 15) is 5.11 Å². The molecule has 0 spiro atoms. The molecule has 1 aliphatic heterocycles. The number of phenols is 1. The molecule has 0 amide bonds. The lowest BCUT2D eigenvalue weighted by Gasteiger charge is -2.10. The van der Waals surface area contributed by atoms with Crippen LogP contribution in [0.4, 0.5) is 11.4 Å². The van der Waals surface area contributed by atoms with Crippen molar-refractivity contribution in [2.24, 2.45) is 10.1 Å². The van der Waals surface area contributed by atoms with E-state index in [2.05, 4.69) is 10.1 Å². The molecule has 1 aliphatic rings. The van der Waals surface area contributed by atoms with Crippen molar-refractivity contribution in [2.45, 2.75) is 6.92 Å². The molecule has 7 heteroatoms. The van der Waals surface area contributed by atoms with Gasteiger partial charge in [-0.3, -0.25) is 5.41 Å². The van der Waals surface area contributed by atoms with E-state index in [0.717, 1.165) is 5.71 Å². The molecule has 0 aromatic heterocycles. The summed E-state index contributed by atoms with van der Waals surface area (Å²) in [6, 6.07) is 3.18. The van der Waals surface area contributed by atoms with Gasteiger partial charge < -0.3 is 15.7 Å². The van der Waals surface area contributed by atoms with E-state index in [1.165, 1.54) is 11.1 Å². The normalized spacial score (nSPS) is 17.0. The highest BCUT2D eigenvalue weighted by atomic mass is 16.3. The average molecular weight is 288 g/mol. The van der Waals surface area contributed by atoms with Gasteiger partial charge in [-0.1, -0.05) is 0 Å². The zero-order valence-corrected chi connectivity index (χ0v) is 12.7. The molecule has 21 heavy (non-hydrogen) atoms. The topological polar surface area (TPSA) is 101 Å². The molecule has 1 aromatic carbocycles. The number of benzene rings is 1. The summed E-state index contributed by atoms with van der Waals surface area (Å²) in [5.41, 5.74) is 8.71. The molecule has 0 unspecified atom stereocenters. The maximum absolute atomic E-state index is 9.64. The van der Waals surface area contributed by atoms with E-state index in [4.69, 9.17) is 11.1 Å². The van der Waals surface area contributed by atoms with E-state index in [1.54, 1.807) is 20.0 Å². The summed E-state index contributed by atoms with van der Waals surface area (Å²) >= 11 is 0. The third-order valence-corrected chi connectivity index (χ3v) is 3.14. The molecule has 4 N–H and O–H groups in total. The molecular weight excluding hydrogens is 268 g/mol. The van der Waals surface area contributed by atoms with Gasteiger partial charge in [0.2, 0.25) is 0 Å². The number of hydrogen-bond acceptors (Lipinski definition) is 6. The van der Waals surface area contributed by atoms with Crippen LogP contribution in [-0.2, 0) is 0 Å². The molecule has 112 valence electrons. The Balaban J connectivity index is 2.45. The molecular formula is C14H20N6O. The van der Waals surface area contributed by atoms with E-state index in [1.807, 2.05) is 19.0 Å². The van der Waals surface area contributed by atoms with E-state index < -0.39 is 0 Å². The highest BCUT2D eigenvalue weighted by Crippen LogP contribution is 2.30. The van der Waals surface area contributed by atoms with Crippen LogP contribution in [0.15, 0.2) is 22.2 Å². The summed E-state index contributed by atoms with van der Waals surface area (Å²) in [6.45, 7) is 2.36. The molecule has 2 rings (SSSR count). The van der Waals surface area contributed by atoms with Crippen LogP contribution in [0.2, 0.25) is 0 Å². The lowest BCUT2D eigenvalue weighted by atomic mass is 10.1. The van der Waals surface area contributed by atoms with Crippen LogP contribution >= 0.6 is 0 Å². The van der Waals surface area contributed by atoms with Gasteiger partial charge in [-0.25, -0.2) is 10.0 Å². The monoisotopic (exact) mass is 288 g/mol. The zero-order valence-electron chi connectivity index (χ0n) is 12.7. The maximum Gasteiger partial charge on any atom is 0.169 e. The summed E-state index contributed by atoms with van der Waals surface area (Å²) in [7, 11) is 5.58. The first-order valence-electron chi connectivity index (χ1n) is 6.52. The number of nitrogen functional groups attached to an aromatic ring is 1. The average Bonchev–Trinajstić information content (AvgIpc) is 2.62. The Morgan fingerprint density at radius 2 is 2.10 bits per heavy atom. The summed E-state index contributed by atoms with van der Waals surface area (Å²) < 4.78 is 0. The molecule has 0 saturated carbocycles. The van der Waals surface area contributed by atoms with Gasteiger partial charge in [0, 0.05) is 19.7 Å². The number of nitrogens with two attached hydrogens (primary N) is 1. The number of nitrogens with zero attached hydrogens (tertiary/aromatic N) is 4. The minimum atomic E-state index is 0.136. The van der Waals surface area contributed by atoms with Crippen molar-refractivity contribution in [2.75, 3.05) is 33.4 Å². The molecule has 0 saturated heterocycles. The maximum atomic E-state index is 9.64. The minimum absolute atomic E-state index is 0.136. The van der Waals surface area contributed by atoms with Gasteiger partial charge in [-0.2, -0.15) is 5.10 Å². The Bertz CT molecular complexity index is 647. The molecule has 0 radical (unpaired) electrons. The Morgan fingerprint density at radius 3 is 2.71 bits per heavy atom. The highest BCUT2D eigenvalue weighted by molar-refractivity contribution is 6.70. The van der Waals surface area contributed by atoms with Crippen molar-refractivity contribution < 1.29 is 5.11 Å². The predicted molar refractivity (Wildman–Crippen MR) is 85.8 cm³/mol. The molecule has 0 fully saturated rings. The van der Waals surface area contributed by atoms with Crippen LogP contribution < -0.4 is 5.73 Å². The summed E-state index contributed by atoms with van der Waals surface area (Å²) in [4.78, 5) is 6.45. The first-order chi connectivity index (χ1) is 9.79. The number of amidine groups is 1. The van der Waals surface area contributed by atoms with Crippen molar-refractivity contribution in [1.82, 2.24) is 9.91 Å². The van der Waals surface area contributed by atoms with Gasteiger partial charge >= 0.3 is 0 Å². The molecule has 0 atom stereocenters. The fourth-order valence-corrected chi connectivity index (χ4v) is 2.01. The SMILES string of the molecule is Cc1cc(N=C2C(=N)N(C)N=C2CN(C)C)c(N)cc1O. The smallest absolute Gasteiger partial charge is 0.169 e. The van der Waals surface area contributed by atoms with Crippen molar-refractivity contribution in [3.05, 3.63) is 17.7 Å². The summed E-state index contributed by atoms with van der Waals surface area (Å²) in [5, 5.41) is 23.5. The second-order valence-corrected chi connectivity index (χ2v) is 5.31. The van der Waals surface area contributed by atoms with Crippen LogP contribution in [0.1, 0.15) is 5.56 Å². The summed E-state index contributed by atoms with van der Waals surface area (Å²) in [6.07, 6.45) is 0. The zero-order chi connectivity index (χ0) is 15.7. The fraction of sp³-hybridized carbons (Fsp3) is 0.357. The van der Waals surface area contributed by atoms with Crippen LogP contribution in [0, 0.1) is 12.3 Å². The minimum Gasteiger partial charge on any atom is -0.508 e. The second kappa shape index (κ2) is 5.53. The van der Waals surface area contributed by atoms with Crippen LogP contribution in [0.25, 0.3) is 0 Å². The van der Waals surface area contributed by atoms with Crippen LogP contribution in [0.3, 0.4) is 0 Å². The molecule has 1 heterocycles. The second-order valence-electron chi connectivity index (χ2n) is 5.31. The van der Waals surface area contributed by atoms with Crippen LogP contribution in [-0.4, -0.2) is 60.0 Å². The number of aromatic hydroxyl groups is 1. The largest absolute Gasteiger partial charge is 0.508 e. The first kappa shape index (κ1) is 15.0. The number of aliphatic imine (C=N–C) groups is 1. The molecule has 0 bridgehead atoms. The Kier molecular flexibility index (Phi) is 3.95. The number of rotatable bonds is 3. The number of nitrogens with one attached hydrogen (secondary N) is 1. The molecule has 0 aliphatic carbocycles. The highest BCUT2D eigenvalue weighted by Gasteiger charge is 2.26. The number of hydrazone groups is 1. The van der Waals surface area contributed by atoms with E-state index in [-0.39, 0.29) is 11.6 Å². The fourth-order valence-electron chi connectivity index (χ4n) is 2.01. The Labute approximate surface area is 123 Å². The lowest BCUT2D eigenvalue weighted by Crippen LogP contribution is -2.30. The Hall–Kier alpha value is -2.41. The van der Waals surface area contributed by atoms with Gasteiger partial charge in [-0.15, -0.1) is 0 Å². The summed E-state index contributed by atoms with van der Waals surface area (Å²) in [5.74, 6) is 0.370. The number of phenolic OH excluding ortho intramolecular Hbond substituents is 1. The molecule has 1 aromatic rings. The third-order valence-electron chi connectivity index (χ3n) is 3.14. The van der Waals surface area contributed by atoms with Gasteiger partial charge in [0.15, 0.2) is 5.84 Å². The van der Waals surface area contributed by atoms with E-state index in [0.29, 0.717) is 29.2 Å². The van der Waals surface area contributed by atoms with Crippen LogP contribution in [0.5, 0.6) is 5.75 Å². The third kappa shape index (κ3) is 3.03. The Morgan fingerprint density at radius 1 is 1.43 bits per heavy atom. The van der Waals surface area contributed by atoms with Crippen molar-refractivity contribution in [1.29, 1.82) is 5.41 Å². The quantitative estimate of drug-likeness (QED) is 0.727. The number of hydrogen-bond donors (Lipinski definition) is 3. The lowest BCUT2D eigenvalue weighted by molar-refractivity contribution is 0.466. The predicted octanol–water partition coefficient (Wildman–Crippen LogP) is 1.20. The molecule has 7 nitrogen and oxygen atoms in total. The van der Waals surface area contributed by atoms with Gasteiger partial charge in [0.1, 0.15) is 17.2 Å². The van der Waals surface area contributed by atoms with Crippen molar-refractivity contribution in [3.8, 4) is 5.75 Å². The van der Waals surface area contributed by atoms with Crippen molar-refractivity contribution in [3.63, 3.8) is 0 Å².